The first-order valence-corrected chi connectivity index (χ1v) is 6.75. The van der Waals surface area contributed by atoms with E-state index in [1.165, 1.54) is 18.3 Å². The minimum absolute atomic E-state index is 0.156. The summed E-state index contributed by atoms with van der Waals surface area (Å²) in [5, 5.41) is 3.33. The SMILES string of the molecule is CC(=O)Nc1nc(Br)sc1-c1ccccc1Cl. The van der Waals surface area contributed by atoms with Crippen LogP contribution in [0.2, 0.25) is 5.02 Å². The highest BCUT2D eigenvalue weighted by molar-refractivity contribution is 9.11. The average molecular weight is 332 g/mol. The quantitative estimate of drug-likeness (QED) is 0.896. The van der Waals surface area contributed by atoms with Gasteiger partial charge in [0.05, 0.1) is 4.88 Å². The molecular weight excluding hydrogens is 324 g/mol. The first-order valence-electron chi connectivity index (χ1n) is 4.76. The second-order valence-corrected chi connectivity index (χ2v) is 5.99. The van der Waals surface area contributed by atoms with Crippen molar-refractivity contribution in [3.8, 4) is 10.4 Å². The Morgan fingerprint density at radius 1 is 1.47 bits per heavy atom. The zero-order valence-corrected chi connectivity index (χ0v) is 12.0. The number of rotatable bonds is 2. The van der Waals surface area contributed by atoms with Crippen molar-refractivity contribution in [2.45, 2.75) is 6.92 Å². The fourth-order valence-electron chi connectivity index (χ4n) is 1.37. The van der Waals surface area contributed by atoms with Crippen LogP contribution < -0.4 is 5.32 Å². The van der Waals surface area contributed by atoms with E-state index in [-0.39, 0.29) is 5.91 Å². The highest BCUT2D eigenvalue weighted by atomic mass is 79.9. The number of amides is 1. The second-order valence-electron chi connectivity index (χ2n) is 3.31. The number of halogens is 2. The minimum atomic E-state index is -0.156. The average Bonchev–Trinajstić information content (AvgIpc) is 2.59. The third kappa shape index (κ3) is 2.86. The lowest BCUT2D eigenvalue weighted by Crippen LogP contribution is -2.06. The van der Waals surface area contributed by atoms with Crippen molar-refractivity contribution in [1.29, 1.82) is 0 Å². The molecule has 0 saturated heterocycles. The van der Waals surface area contributed by atoms with E-state index >= 15 is 0 Å². The van der Waals surface area contributed by atoms with Gasteiger partial charge in [0.15, 0.2) is 9.73 Å². The van der Waals surface area contributed by atoms with Crippen LogP contribution in [0.15, 0.2) is 28.2 Å². The van der Waals surface area contributed by atoms with Crippen LogP contribution >= 0.6 is 38.9 Å². The molecule has 1 N–H and O–H groups in total. The van der Waals surface area contributed by atoms with Crippen LogP contribution in [0.5, 0.6) is 0 Å². The van der Waals surface area contributed by atoms with Crippen molar-refractivity contribution < 1.29 is 4.79 Å². The number of nitrogens with one attached hydrogen (secondary N) is 1. The predicted molar refractivity (Wildman–Crippen MR) is 74.6 cm³/mol. The molecule has 2 rings (SSSR count). The molecule has 17 heavy (non-hydrogen) atoms. The lowest BCUT2D eigenvalue weighted by Gasteiger charge is -2.04. The number of thiazole rings is 1. The van der Waals surface area contributed by atoms with E-state index in [9.17, 15) is 4.79 Å². The summed E-state index contributed by atoms with van der Waals surface area (Å²) < 4.78 is 0.705. The molecule has 0 aliphatic carbocycles. The Morgan fingerprint density at radius 2 is 2.18 bits per heavy atom. The highest BCUT2D eigenvalue weighted by Gasteiger charge is 2.14. The third-order valence-electron chi connectivity index (χ3n) is 2.01. The molecule has 0 saturated carbocycles. The van der Waals surface area contributed by atoms with Gasteiger partial charge in [-0.1, -0.05) is 29.8 Å². The highest BCUT2D eigenvalue weighted by Crippen LogP contribution is 2.39. The molecule has 0 atom stereocenters. The number of benzene rings is 1. The van der Waals surface area contributed by atoms with Gasteiger partial charge in [-0.05, 0) is 22.0 Å². The van der Waals surface area contributed by atoms with Gasteiger partial charge in [0, 0.05) is 17.5 Å². The lowest BCUT2D eigenvalue weighted by molar-refractivity contribution is -0.114. The first kappa shape index (κ1) is 12.5. The Bertz CT molecular complexity index is 570. The molecule has 1 amide bonds. The van der Waals surface area contributed by atoms with Crippen molar-refractivity contribution in [3.63, 3.8) is 0 Å². The van der Waals surface area contributed by atoms with Gasteiger partial charge < -0.3 is 5.32 Å². The summed E-state index contributed by atoms with van der Waals surface area (Å²) in [4.78, 5) is 16.2. The second kappa shape index (κ2) is 5.16. The van der Waals surface area contributed by atoms with Crippen molar-refractivity contribution >= 4 is 50.6 Å². The fourth-order valence-corrected chi connectivity index (χ4v) is 3.11. The minimum Gasteiger partial charge on any atom is -0.310 e. The number of carbonyl (C=O) groups is 1. The number of carbonyl (C=O) groups excluding carboxylic acids is 1. The molecule has 0 bridgehead atoms. The maximum atomic E-state index is 11.1. The van der Waals surface area contributed by atoms with Gasteiger partial charge in [-0.15, -0.1) is 11.3 Å². The summed E-state index contributed by atoms with van der Waals surface area (Å²) in [6.07, 6.45) is 0. The van der Waals surface area contributed by atoms with Crippen LogP contribution in [0, 0.1) is 0 Å². The Morgan fingerprint density at radius 3 is 2.82 bits per heavy atom. The third-order valence-corrected chi connectivity index (χ3v) is 3.88. The summed E-state index contributed by atoms with van der Waals surface area (Å²) in [6, 6.07) is 7.46. The molecule has 1 heterocycles. The number of aromatic nitrogens is 1. The molecule has 0 spiro atoms. The van der Waals surface area contributed by atoms with Crippen LogP contribution in [0.25, 0.3) is 10.4 Å². The van der Waals surface area contributed by atoms with Crippen LogP contribution in [-0.4, -0.2) is 10.9 Å². The summed E-state index contributed by atoms with van der Waals surface area (Å²) in [6.45, 7) is 1.45. The Kier molecular flexibility index (Phi) is 3.81. The van der Waals surface area contributed by atoms with Gasteiger partial charge in [-0.2, -0.15) is 0 Å². The predicted octanol–water partition coefficient (Wildman–Crippen LogP) is 4.18. The molecule has 1 aromatic carbocycles. The van der Waals surface area contributed by atoms with E-state index in [0.29, 0.717) is 14.8 Å². The maximum absolute atomic E-state index is 11.1. The smallest absolute Gasteiger partial charge is 0.222 e. The molecule has 0 fully saturated rings. The number of hydrogen-bond donors (Lipinski definition) is 1. The molecule has 3 nitrogen and oxygen atoms in total. The summed E-state index contributed by atoms with van der Waals surface area (Å²) in [5.41, 5.74) is 0.862. The van der Waals surface area contributed by atoms with Gasteiger partial charge in [0.25, 0.3) is 0 Å². The van der Waals surface area contributed by atoms with Gasteiger partial charge in [-0.25, -0.2) is 4.98 Å². The van der Waals surface area contributed by atoms with E-state index in [0.717, 1.165) is 10.4 Å². The van der Waals surface area contributed by atoms with Gasteiger partial charge in [-0.3, -0.25) is 4.79 Å². The topological polar surface area (TPSA) is 42.0 Å². The molecule has 0 unspecified atom stereocenters. The van der Waals surface area contributed by atoms with Gasteiger partial charge >= 0.3 is 0 Å². The van der Waals surface area contributed by atoms with Crippen molar-refractivity contribution in [2.75, 3.05) is 5.32 Å². The number of hydrogen-bond acceptors (Lipinski definition) is 3. The van der Waals surface area contributed by atoms with Crippen LogP contribution in [0.4, 0.5) is 5.82 Å². The summed E-state index contributed by atoms with van der Waals surface area (Å²) >= 11 is 10.9. The summed E-state index contributed by atoms with van der Waals surface area (Å²) in [5.74, 6) is 0.374. The van der Waals surface area contributed by atoms with Crippen molar-refractivity contribution in [1.82, 2.24) is 4.98 Å². The molecule has 0 aliphatic rings. The number of anilines is 1. The standard InChI is InChI=1S/C11H8BrClN2OS/c1-6(16)14-10-9(17-11(12)15-10)7-4-2-3-5-8(7)13/h2-5H,1H3,(H,14,16). The maximum Gasteiger partial charge on any atom is 0.222 e. The van der Waals surface area contributed by atoms with E-state index in [1.807, 2.05) is 24.3 Å². The molecule has 88 valence electrons. The molecule has 0 radical (unpaired) electrons. The van der Waals surface area contributed by atoms with Crippen LogP contribution in [0.3, 0.4) is 0 Å². The van der Waals surface area contributed by atoms with Crippen LogP contribution in [-0.2, 0) is 4.79 Å². The lowest BCUT2D eigenvalue weighted by atomic mass is 10.2. The Labute approximate surface area is 116 Å². The molecule has 0 aliphatic heterocycles. The van der Waals surface area contributed by atoms with Crippen molar-refractivity contribution in [3.05, 3.63) is 33.2 Å². The van der Waals surface area contributed by atoms with Gasteiger partial charge in [0.2, 0.25) is 5.91 Å². The normalized spacial score (nSPS) is 10.3. The van der Waals surface area contributed by atoms with Crippen molar-refractivity contribution in [2.24, 2.45) is 0 Å². The van der Waals surface area contributed by atoms with E-state index in [1.54, 1.807) is 0 Å². The Balaban J connectivity index is 2.51. The van der Waals surface area contributed by atoms with Gasteiger partial charge in [0.1, 0.15) is 0 Å². The fraction of sp³-hybridized carbons (Fsp3) is 0.0909. The Hall–Kier alpha value is -0.910. The monoisotopic (exact) mass is 330 g/mol. The zero-order chi connectivity index (χ0) is 12.4. The molecule has 1 aromatic heterocycles. The van der Waals surface area contributed by atoms with E-state index < -0.39 is 0 Å². The van der Waals surface area contributed by atoms with Crippen LogP contribution in [0.1, 0.15) is 6.92 Å². The molecule has 6 heteroatoms. The first-order chi connectivity index (χ1) is 8.08. The van der Waals surface area contributed by atoms with E-state index in [4.69, 9.17) is 11.6 Å². The molecule has 2 aromatic rings. The number of nitrogens with zero attached hydrogens (tertiary/aromatic N) is 1. The largest absolute Gasteiger partial charge is 0.310 e. The van der Waals surface area contributed by atoms with E-state index in [2.05, 4.69) is 26.2 Å². The molecular formula is C11H8BrClN2OS. The summed E-state index contributed by atoms with van der Waals surface area (Å²) in [7, 11) is 0. The zero-order valence-electron chi connectivity index (χ0n) is 8.83.